The molecule has 0 radical (unpaired) electrons. The van der Waals surface area contributed by atoms with E-state index in [1.807, 2.05) is 0 Å². The molecule has 0 bridgehead atoms. The molecule has 0 aliphatic rings. The Labute approximate surface area is 181 Å². The summed E-state index contributed by atoms with van der Waals surface area (Å²) in [5, 5.41) is 3.18. The van der Waals surface area contributed by atoms with Gasteiger partial charge in [-0.1, -0.05) is 17.7 Å². The maximum atomic E-state index is 12.4. The molecule has 0 atom stereocenters. The molecular weight excluding hydrogens is 482 g/mol. The number of benzene rings is 2. The van der Waals surface area contributed by atoms with Crippen molar-refractivity contribution in [3.63, 3.8) is 0 Å². The Bertz CT molecular complexity index is 1110. The van der Waals surface area contributed by atoms with E-state index < -0.39 is 15.9 Å². The highest BCUT2D eigenvalue weighted by Crippen LogP contribution is 2.28. The van der Waals surface area contributed by atoms with Gasteiger partial charge in [0.15, 0.2) is 6.61 Å². The number of aromatic nitrogens is 1. The van der Waals surface area contributed by atoms with Crippen LogP contribution in [-0.4, -0.2) is 25.9 Å². The molecule has 3 aromatic rings. The van der Waals surface area contributed by atoms with E-state index in [-0.39, 0.29) is 17.3 Å². The van der Waals surface area contributed by atoms with E-state index in [9.17, 15) is 13.2 Å². The monoisotopic (exact) mass is 495 g/mol. The minimum Gasteiger partial charge on any atom is -0.483 e. The molecule has 29 heavy (non-hydrogen) atoms. The normalized spacial score (nSPS) is 11.0. The van der Waals surface area contributed by atoms with Gasteiger partial charge in [-0.15, -0.1) is 0 Å². The van der Waals surface area contributed by atoms with Crippen molar-refractivity contribution in [1.29, 1.82) is 0 Å². The summed E-state index contributed by atoms with van der Waals surface area (Å²) in [6.07, 6.45) is 1.49. The maximum absolute atomic E-state index is 12.4. The van der Waals surface area contributed by atoms with E-state index >= 15 is 0 Å². The average Bonchev–Trinajstić information content (AvgIpc) is 2.68. The summed E-state index contributed by atoms with van der Waals surface area (Å²) >= 11 is 9.17. The number of anilines is 2. The van der Waals surface area contributed by atoms with Crippen LogP contribution in [0.3, 0.4) is 0 Å². The number of nitrogens with one attached hydrogen (secondary N) is 2. The van der Waals surface area contributed by atoms with Crippen LogP contribution in [0.2, 0.25) is 5.02 Å². The van der Waals surface area contributed by atoms with Gasteiger partial charge in [-0.25, -0.2) is 13.4 Å². The van der Waals surface area contributed by atoms with Gasteiger partial charge >= 0.3 is 0 Å². The van der Waals surface area contributed by atoms with Gasteiger partial charge in [0, 0.05) is 16.9 Å². The molecule has 0 aliphatic heterocycles. The zero-order valence-corrected chi connectivity index (χ0v) is 18.0. The van der Waals surface area contributed by atoms with E-state index in [0.29, 0.717) is 20.9 Å². The second kappa shape index (κ2) is 9.25. The number of ether oxygens (including phenoxy) is 1. The standard InChI is InChI=1S/C19H15BrClN3O4S/c20-16-11-13(21)4-9-17(16)28-12-19(25)23-14-5-7-15(8-6-14)29(26,27)24-18-3-1-2-10-22-18/h1-11H,12H2,(H,22,24)(H,23,25). The number of carbonyl (C=O) groups is 1. The Morgan fingerprint density at radius 3 is 2.52 bits per heavy atom. The number of carbonyl (C=O) groups excluding carboxylic acids is 1. The summed E-state index contributed by atoms with van der Waals surface area (Å²) in [6, 6.07) is 15.6. The van der Waals surface area contributed by atoms with E-state index in [2.05, 4.69) is 31.0 Å². The molecule has 10 heteroatoms. The molecule has 0 saturated heterocycles. The first-order valence-corrected chi connectivity index (χ1v) is 10.9. The average molecular weight is 497 g/mol. The summed E-state index contributed by atoms with van der Waals surface area (Å²) in [4.78, 5) is 16.0. The van der Waals surface area contributed by atoms with E-state index in [0.717, 1.165) is 0 Å². The number of amides is 1. The van der Waals surface area contributed by atoms with Gasteiger partial charge in [0.25, 0.3) is 15.9 Å². The fourth-order valence-electron chi connectivity index (χ4n) is 2.27. The summed E-state index contributed by atoms with van der Waals surface area (Å²) in [6.45, 7) is -0.221. The molecule has 2 aromatic carbocycles. The topological polar surface area (TPSA) is 97.4 Å². The minimum absolute atomic E-state index is 0.0440. The summed E-state index contributed by atoms with van der Waals surface area (Å²) in [5.74, 6) is 0.302. The van der Waals surface area contributed by atoms with Crippen LogP contribution in [0.25, 0.3) is 0 Å². The van der Waals surface area contributed by atoms with Crippen LogP contribution >= 0.6 is 27.5 Å². The first-order valence-electron chi connectivity index (χ1n) is 8.25. The summed E-state index contributed by atoms with van der Waals surface area (Å²) in [5.41, 5.74) is 0.436. The number of hydrogen-bond acceptors (Lipinski definition) is 5. The van der Waals surface area contributed by atoms with Gasteiger partial charge in [0.05, 0.1) is 9.37 Å². The number of sulfonamides is 1. The number of halogens is 2. The molecule has 7 nitrogen and oxygen atoms in total. The molecule has 0 saturated carbocycles. The molecule has 3 rings (SSSR count). The zero-order valence-electron chi connectivity index (χ0n) is 14.8. The number of nitrogens with zero attached hydrogens (tertiary/aromatic N) is 1. The zero-order chi connectivity index (χ0) is 20.9. The van der Waals surface area contributed by atoms with Crippen LogP contribution in [0.1, 0.15) is 0 Å². The third kappa shape index (κ3) is 5.93. The fraction of sp³-hybridized carbons (Fsp3) is 0.0526. The van der Waals surface area contributed by atoms with Gasteiger partial charge < -0.3 is 10.1 Å². The van der Waals surface area contributed by atoms with Crippen molar-refractivity contribution < 1.29 is 17.9 Å². The van der Waals surface area contributed by atoms with Crippen LogP contribution < -0.4 is 14.8 Å². The molecule has 0 fully saturated rings. The Balaban J connectivity index is 1.59. The SMILES string of the molecule is O=C(COc1ccc(Cl)cc1Br)Nc1ccc(S(=O)(=O)Nc2ccccn2)cc1. The smallest absolute Gasteiger partial charge is 0.263 e. The van der Waals surface area contributed by atoms with Crippen molar-refractivity contribution in [2.24, 2.45) is 0 Å². The van der Waals surface area contributed by atoms with Crippen molar-refractivity contribution in [2.45, 2.75) is 4.90 Å². The molecule has 150 valence electrons. The largest absolute Gasteiger partial charge is 0.483 e. The van der Waals surface area contributed by atoms with Gasteiger partial charge in [0.2, 0.25) is 0 Å². The van der Waals surface area contributed by atoms with Crippen molar-refractivity contribution in [2.75, 3.05) is 16.6 Å². The molecule has 1 heterocycles. The predicted octanol–water partition coefficient (Wildman–Crippen LogP) is 4.32. The van der Waals surface area contributed by atoms with Gasteiger partial charge in [-0.2, -0.15) is 0 Å². The number of hydrogen-bond donors (Lipinski definition) is 2. The fourth-order valence-corrected chi connectivity index (χ4v) is 4.08. The molecule has 1 amide bonds. The van der Waals surface area contributed by atoms with Crippen molar-refractivity contribution in [3.8, 4) is 5.75 Å². The summed E-state index contributed by atoms with van der Waals surface area (Å²) in [7, 11) is -3.78. The van der Waals surface area contributed by atoms with Gasteiger partial charge in [-0.05, 0) is 70.5 Å². The Morgan fingerprint density at radius 2 is 1.86 bits per heavy atom. The number of rotatable bonds is 7. The highest BCUT2D eigenvalue weighted by molar-refractivity contribution is 9.10. The van der Waals surface area contributed by atoms with Crippen molar-refractivity contribution >= 4 is 55.0 Å². The van der Waals surface area contributed by atoms with E-state index in [4.69, 9.17) is 16.3 Å². The first kappa shape index (κ1) is 21.1. The lowest BCUT2D eigenvalue weighted by Crippen LogP contribution is -2.20. The lowest BCUT2D eigenvalue weighted by atomic mass is 10.3. The van der Waals surface area contributed by atoms with Crippen LogP contribution in [-0.2, 0) is 14.8 Å². The Morgan fingerprint density at radius 1 is 1.10 bits per heavy atom. The van der Waals surface area contributed by atoms with Crippen LogP contribution in [0.5, 0.6) is 5.75 Å². The van der Waals surface area contributed by atoms with E-state index in [1.54, 1.807) is 36.4 Å². The highest BCUT2D eigenvalue weighted by atomic mass is 79.9. The van der Waals surface area contributed by atoms with Crippen LogP contribution in [0.4, 0.5) is 11.5 Å². The third-order valence-electron chi connectivity index (χ3n) is 3.60. The Hall–Kier alpha value is -2.62. The second-order valence-corrected chi connectivity index (χ2v) is 8.73. The molecule has 0 aliphatic carbocycles. The van der Waals surface area contributed by atoms with Crippen LogP contribution in [0, 0.1) is 0 Å². The van der Waals surface area contributed by atoms with Gasteiger partial charge in [-0.3, -0.25) is 9.52 Å². The molecule has 0 unspecified atom stereocenters. The molecule has 0 spiro atoms. The molecular formula is C19H15BrClN3O4S. The highest BCUT2D eigenvalue weighted by Gasteiger charge is 2.15. The lowest BCUT2D eigenvalue weighted by molar-refractivity contribution is -0.118. The lowest BCUT2D eigenvalue weighted by Gasteiger charge is -2.10. The predicted molar refractivity (Wildman–Crippen MR) is 115 cm³/mol. The Kier molecular flexibility index (Phi) is 6.73. The second-order valence-electron chi connectivity index (χ2n) is 5.76. The first-order chi connectivity index (χ1) is 13.8. The quantitative estimate of drug-likeness (QED) is 0.508. The van der Waals surface area contributed by atoms with Gasteiger partial charge in [0.1, 0.15) is 11.6 Å². The van der Waals surface area contributed by atoms with Crippen molar-refractivity contribution in [1.82, 2.24) is 4.98 Å². The minimum atomic E-state index is -3.78. The van der Waals surface area contributed by atoms with E-state index in [1.165, 1.54) is 30.5 Å². The maximum Gasteiger partial charge on any atom is 0.263 e. The molecule has 1 aromatic heterocycles. The van der Waals surface area contributed by atoms with Crippen LogP contribution in [0.15, 0.2) is 76.2 Å². The van der Waals surface area contributed by atoms with Crippen molar-refractivity contribution in [3.05, 3.63) is 76.4 Å². The third-order valence-corrected chi connectivity index (χ3v) is 5.83. The summed E-state index contributed by atoms with van der Waals surface area (Å²) < 4.78 is 33.2. The number of pyridine rings is 1. The molecule has 2 N–H and O–H groups in total.